The Kier molecular flexibility index (Phi) is 6.28. The van der Waals surface area contributed by atoms with Crippen LogP contribution in [0.2, 0.25) is 0 Å². The number of rotatable bonds is 6. The maximum atomic E-state index is 12.9. The van der Waals surface area contributed by atoms with Gasteiger partial charge in [0.05, 0.1) is 20.0 Å². The molecule has 1 aromatic heterocycles. The number of hydrogen-bond donors (Lipinski definition) is 0. The summed E-state index contributed by atoms with van der Waals surface area (Å²) < 4.78 is 16.4. The van der Waals surface area contributed by atoms with Gasteiger partial charge in [-0.05, 0) is 43.7 Å². The van der Waals surface area contributed by atoms with Gasteiger partial charge < -0.3 is 18.8 Å². The van der Waals surface area contributed by atoms with Gasteiger partial charge in [0.1, 0.15) is 11.5 Å². The molecule has 1 aliphatic carbocycles. The van der Waals surface area contributed by atoms with Crippen molar-refractivity contribution in [2.24, 2.45) is 5.92 Å². The van der Waals surface area contributed by atoms with E-state index in [1.54, 1.807) is 20.3 Å². The molecular formula is C21H27N3O4S. The molecule has 2 atom stereocenters. The van der Waals surface area contributed by atoms with Crippen molar-refractivity contribution < 1.29 is 18.7 Å². The first-order valence-electron chi connectivity index (χ1n) is 10.2. The largest absolute Gasteiger partial charge is 0.497 e. The molecule has 7 nitrogen and oxygen atoms in total. The molecule has 2 aliphatic rings. The summed E-state index contributed by atoms with van der Waals surface area (Å²) in [7, 11) is 3.19. The summed E-state index contributed by atoms with van der Waals surface area (Å²) in [5.41, 5.74) is 0.716. The van der Waals surface area contributed by atoms with Crippen LogP contribution in [0.3, 0.4) is 0 Å². The number of likely N-dealkylation sites (tertiary alicyclic amines) is 1. The predicted molar refractivity (Wildman–Crippen MR) is 110 cm³/mol. The van der Waals surface area contributed by atoms with Crippen molar-refractivity contribution in [2.45, 2.75) is 49.8 Å². The molecule has 2 fully saturated rings. The highest BCUT2D eigenvalue weighted by atomic mass is 32.2. The summed E-state index contributed by atoms with van der Waals surface area (Å²) in [6, 6.07) is 5.83. The Bertz CT molecular complexity index is 832. The van der Waals surface area contributed by atoms with Gasteiger partial charge in [-0.1, -0.05) is 24.6 Å². The summed E-state index contributed by atoms with van der Waals surface area (Å²) >= 11 is 1.30. The SMILES string of the molecule is COc1cc(OC)cc(-c2nnc(SCC(=O)N3CCC[C@H]4CCCC[C@@H]43)o2)c1. The zero-order valence-corrected chi connectivity index (χ0v) is 17.7. The van der Waals surface area contributed by atoms with Crippen LogP contribution in [-0.2, 0) is 4.79 Å². The number of piperidine rings is 1. The minimum atomic E-state index is 0.175. The molecule has 0 unspecified atom stereocenters. The molecule has 1 saturated carbocycles. The van der Waals surface area contributed by atoms with Gasteiger partial charge in [0.2, 0.25) is 11.8 Å². The molecule has 1 aromatic carbocycles. The number of carbonyl (C=O) groups is 1. The summed E-state index contributed by atoms with van der Waals surface area (Å²) in [5.74, 6) is 2.86. The Morgan fingerprint density at radius 1 is 1.10 bits per heavy atom. The summed E-state index contributed by atoms with van der Waals surface area (Å²) in [6.07, 6.45) is 7.31. The lowest BCUT2D eigenvalue weighted by Crippen LogP contribution is -2.50. The smallest absolute Gasteiger partial charge is 0.277 e. The maximum absolute atomic E-state index is 12.9. The zero-order valence-electron chi connectivity index (χ0n) is 16.9. The van der Waals surface area contributed by atoms with Crippen LogP contribution < -0.4 is 9.47 Å². The number of aromatic nitrogens is 2. The molecule has 156 valence electrons. The van der Waals surface area contributed by atoms with Crippen molar-refractivity contribution in [1.82, 2.24) is 15.1 Å². The van der Waals surface area contributed by atoms with Gasteiger partial charge in [0.15, 0.2) is 0 Å². The van der Waals surface area contributed by atoms with Gasteiger partial charge in [0.25, 0.3) is 5.22 Å². The zero-order chi connectivity index (χ0) is 20.2. The van der Waals surface area contributed by atoms with E-state index in [2.05, 4.69) is 15.1 Å². The molecule has 4 rings (SSSR count). The van der Waals surface area contributed by atoms with Gasteiger partial charge in [-0.25, -0.2) is 0 Å². The van der Waals surface area contributed by atoms with E-state index in [9.17, 15) is 4.79 Å². The van der Waals surface area contributed by atoms with Gasteiger partial charge in [0, 0.05) is 24.2 Å². The third kappa shape index (κ3) is 4.52. The van der Waals surface area contributed by atoms with Gasteiger partial charge in [-0.15, -0.1) is 10.2 Å². The van der Waals surface area contributed by atoms with Crippen LogP contribution >= 0.6 is 11.8 Å². The average Bonchev–Trinajstić information content (AvgIpc) is 3.25. The topological polar surface area (TPSA) is 77.7 Å². The first-order chi connectivity index (χ1) is 14.2. The molecule has 1 saturated heterocycles. The Balaban J connectivity index is 1.40. The number of amides is 1. The average molecular weight is 418 g/mol. The van der Waals surface area contributed by atoms with E-state index in [0.717, 1.165) is 19.4 Å². The lowest BCUT2D eigenvalue weighted by atomic mass is 9.78. The van der Waals surface area contributed by atoms with Crippen molar-refractivity contribution >= 4 is 17.7 Å². The van der Waals surface area contributed by atoms with E-state index in [4.69, 9.17) is 13.9 Å². The predicted octanol–water partition coefficient (Wildman–Crippen LogP) is 4.03. The number of nitrogens with zero attached hydrogens (tertiary/aromatic N) is 3. The van der Waals surface area contributed by atoms with Crippen LogP contribution in [0.15, 0.2) is 27.8 Å². The first-order valence-corrected chi connectivity index (χ1v) is 11.2. The van der Waals surface area contributed by atoms with Crippen LogP contribution in [0, 0.1) is 5.92 Å². The summed E-state index contributed by atoms with van der Waals surface area (Å²) in [6.45, 7) is 0.874. The monoisotopic (exact) mass is 417 g/mol. The number of ether oxygens (including phenoxy) is 2. The number of carbonyl (C=O) groups excluding carboxylic acids is 1. The quantitative estimate of drug-likeness (QED) is 0.657. The maximum Gasteiger partial charge on any atom is 0.277 e. The standard InChI is InChI=1S/C21H27N3O4S/c1-26-16-10-15(11-17(12-16)27-2)20-22-23-21(28-20)29-13-19(25)24-9-5-7-14-6-3-4-8-18(14)24/h10-12,14,18H,3-9,13H2,1-2H3/t14-,18+/m1/s1. The highest BCUT2D eigenvalue weighted by Gasteiger charge is 2.35. The van der Waals surface area contributed by atoms with Crippen molar-refractivity contribution in [2.75, 3.05) is 26.5 Å². The normalized spacial score (nSPS) is 21.5. The van der Waals surface area contributed by atoms with Crippen LogP contribution in [0.1, 0.15) is 38.5 Å². The summed E-state index contributed by atoms with van der Waals surface area (Å²) in [5, 5.41) is 8.61. The van der Waals surface area contributed by atoms with Crippen molar-refractivity contribution in [1.29, 1.82) is 0 Å². The first kappa shape index (κ1) is 20.1. The Labute approximate surface area is 175 Å². The Hall–Kier alpha value is -2.22. The second kappa shape index (κ2) is 9.07. The number of benzene rings is 1. The molecule has 1 amide bonds. The molecule has 2 heterocycles. The number of fused-ring (bicyclic) bond motifs is 1. The molecule has 0 radical (unpaired) electrons. The highest BCUT2D eigenvalue weighted by Crippen LogP contribution is 2.36. The van der Waals surface area contributed by atoms with Gasteiger partial charge in [-0.3, -0.25) is 4.79 Å². The molecule has 8 heteroatoms. The van der Waals surface area contributed by atoms with Crippen LogP contribution in [0.25, 0.3) is 11.5 Å². The highest BCUT2D eigenvalue weighted by molar-refractivity contribution is 7.99. The Morgan fingerprint density at radius 2 is 1.83 bits per heavy atom. The van der Waals surface area contributed by atoms with Crippen LogP contribution in [0.4, 0.5) is 0 Å². The second-order valence-corrected chi connectivity index (χ2v) is 8.53. The number of hydrogen-bond acceptors (Lipinski definition) is 7. The third-order valence-electron chi connectivity index (χ3n) is 5.89. The van der Waals surface area contributed by atoms with Crippen LogP contribution in [-0.4, -0.2) is 53.6 Å². The van der Waals surface area contributed by atoms with E-state index in [-0.39, 0.29) is 5.91 Å². The molecule has 0 spiro atoms. The number of methoxy groups -OCH3 is 2. The second-order valence-electron chi connectivity index (χ2n) is 7.60. The lowest BCUT2D eigenvalue weighted by Gasteiger charge is -2.44. The fourth-order valence-corrected chi connectivity index (χ4v) is 5.11. The minimum Gasteiger partial charge on any atom is -0.497 e. The molecule has 2 aromatic rings. The molecular weight excluding hydrogens is 390 g/mol. The molecule has 0 N–H and O–H groups in total. The lowest BCUT2D eigenvalue weighted by molar-refractivity contribution is -0.134. The van der Waals surface area contributed by atoms with E-state index < -0.39 is 0 Å². The fraction of sp³-hybridized carbons (Fsp3) is 0.571. The fourth-order valence-electron chi connectivity index (χ4n) is 4.46. The minimum absolute atomic E-state index is 0.175. The number of thioether (sulfide) groups is 1. The third-order valence-corrected chi connectivity index (χ3v) is 6.69. The summed E-state index contributed by atoms with van der Waals surface area (Å²) in [4.78, 5) is 15.0. The van der Waals surface area contributed by atoms with E-state index in [1.165, 1.54) is 37.4 Å². The van der Waals surface area contributed by atoms with E-state index in [0.29, 0.717) is 45.9 Å². The van der Waals surface area contributed by atoms with Crippen molar-refractivity contribution in [3.8, 4) is 23.0 Å². The molecule has 29 heavy (non-hydrogen) atoms. The molecule has 0 bridgehead atoms. The van der Waals surface area contributed by atoms with Crippen molar-refractivity contribution in [3.05, 3.63) is 18.2 Å². The van der Waals surface area contributed by atoms with E-state index in [1.807, 2.05) is 12.1 Å². The van der Waals surface area contributed by atoms with Crippen LogP contribution in [0.5, 0.6) is 11.5 Å². The van der Waals surface area contributed by atoms with Gasteiger partial charge >= 0.3 is 0 Å². The van der Waals surface area contributed by atoms with Gasteiger partial charge in [-0.2, -0.15) is 0 Å². The molecule has 1 aliphatic heterocycles. The van der Waals surface area contributed by atoms with E-state index >= 15 is 0 Å². The Morgan fingerprint density at radius 3 is 2.59 bits per heavy atom. The van der Waals surface area contributed by atoms with Crippen molar-refractivity contribution in [3.63, 3.8) is 0 Å².